The van der Waals surface area contributed by atoms with Crippen LogP contribution in [-0.4, -0.2) is 42.7 Å². The average Bonchev–Trinajstić information content (AvgIpc) is 2.88. The number of ketones is 1. The van der Waals surface area contributed by atoms with Crippen molar-refractivity contribution < 1.29 is 24.2 Å². The van der Waals surface area contributed by atoms with Crippen molar-refractivity contribution in [1.82, 2.24) is 5.32 Å². The van der Waals surface area contributed by atoms with Crippen LogP contribution in [-0.2, 0) is 16.0 Å². The molecule has 3 aromatic carbocycles. The zero-order valence-electron chi connectivity index (χ0n) is 19.4. The summed E-state index contributed by atoms with van der Waals surface area (Å²) in [6.07, 6.45) is 0.222. The molecule has 0 saturated heterocycles. The van der Waals surface area contributed by atoms with Gasteiger partial charge in [0, 0.05) is 24.6 Å². The molecule has 6 nitrogen and oxygen atoms in total. The molecule has 3 rings (SSSR count). The van der Waals surface area contributed by atoms with E-state index in [1.807, 2.05) is 60.7 Å². The second kappa shape index (κ2) is 13.3. The average molecular weight is 462 g/mol. The van der Waals surface area contributed by atoms with Gasteiger partial charge in [-0.3, -0.25) is 4.79 Å². The van der Waals surface area contributed by atoms with Crippen LogP contribution in [0.2, 0.25) is 0 Å². The standard InChI is InChI=1S/C28H31NO5/c1-2-33-27(31)20-34-24-15-13-22(14-16-24)26(30)17-18-29-25(19-21-9-5-3-6-10-21)28(32)23-11-7-4-8-12-23/h3-16,25,28-29,32H,2,17-20H2,1H3. The highest BCUT2D eigenvalue weighted by Gasteiger charge is 2.21. The normalized spacial score (nSPS) is 12.5. The van der Waals surface area contributed by atoms with E-state index in [1.165, 1.54) is 0 Å². The number of aliphatic hydroxyl groups excluding tert-OH is 1. The third kappa shape index (κ3) is 7.83. The molecule has 0 heterocycles. The van der Waals surface area contributed by atoms with Crippen molar-refractivity contribution in [3.05, 3.63) is 102 Å². The zero-order chi connectivity index (χ0) is 24.2. The van der Waals surface area contributed by atoms with Gasteiger partial charge in [-0.05, 0) is 48.7 Å². The summed E-state index contributed by atoms with van der Waals surface area (Å²) in [7, 11) is 0. The van der Waals surface area contributed by atoms with E-state index in [4.69, 9.17) is 9.47 Å². The predicted molar refractivity (Wildman–Crippen MR) is 131 cm³/mol. The molecule has 0 aliphatic heterocycles. The molecule has 0 aliphatic rings. The van der Waals surface area contributed by atoms with Gasteiger partial charge < -0.3 is 19.9 Å². The third-order valence-electron chi connectivity index (χ3n) is 5.42. The van der Waals surface area contributed by atoms with E-state index in [0.717, 1.165) is 11.1 Å². The van der Waals surface area contributed by atoms with Crippen LogP contribution in [0.1, 0.15) is 40.9 Å². The first-order valence-corrected chi connectivity index (χ1v) is 11.5. The van der Waals surface area contributed by atoms with Crippen molar-refractivity contribution in [2.24, 2.45) is 0 Å². The molecule has 0 aliphatic carbocycles. The van der Waals surface area contributed by atoms with Crippen LogP contribution in [0.25, 0.3) is 0 Å². The molecule has 178 valence electrons. The van der Waals surface area contributed by atoms with Gasteiger partial charge >= 0.3 is 5.97 Å². The first-order chi connectivity index (χ1) is 16.6. The number of ether oxygens (including phenoxy) is 2. The van der Waals surface area contributed by atoms with E-state index in [2.05, 4.69) is 5.32 Å². The van der Waals surface area contributed by atoms with Gasteiger partial charge in [0.05, 0.1) is 12.7 Å². The third-order valence-corrected chi connectivity index (χ3v) is 5.42. The van der Waals surface area contributed by atoms with Crippen LogP contribution in [0.15, 0.2) is 84.9 Å². The molecule has 2 N–H and O–H groups in total. The summed E-state index contributed by atoms with van der Waals surface area (Å²) in [5.74, 6) is 0.0465. The van der Waals surface area contributed by atoms with E-state index >= 15 is 0 Å². The molecular weight excluding hydrogens is 430 g/mol. The Labute approximate surface area is 200 Å². The molecule has 0 spiro atoms. The van der Waals surface area contributed by atoms with E-state index in [-0.39, 0.29) is 24.9 Å². The highest BCUT2D eigenvalue weighted by Crippen LogP contribution is 2.20. The second-order valence-corrected chi connectivity index (χ2v) is 7.90. The number of carbonyl (C=O) groups excluding carboxylic acids is 2. The Morgan fingerprint density at radius 3 is 2.21 bits per heavy atom. The molecular formula is C28H31NO5. The number of nitrogens with one attached hydrogen (secondary N) is 1. The van der Waals surface area contributed by atoms with Crippen molar-refractivity contribution in [2.75, 3.05) is 19.8 Å². The minimum Gasteiger partial charge on any atom is -0.482 e. The van der Waals surface area contributed by atoms with Crippen molar-refractivity contribution in [3.8, 4) is 5.75 Å². The highest BCUT2D eigenvalue weighted by molar-refractivity contribution is 5.96. The SMILES string of the molecule is CCOC(=O)COc1ccc(C(=O)CCNC(Cc2ccccc2)C(O)c2ccccc2)cc1. The van der Waals surface area contributed by atoms with Gasteiger partial charge in [0.15, 0.2) is 12.4 Å². The maximum Gasteiger partial charge on any atom is 0.344 e. The Morgan fingerprint density at radius 2 is 1.56 bits per heavy atom. The van der Waals surface area contributed by atoms with Gasteiger partial charge in [-0.2, -0.15) is 0 Å². The Balaban J connectivity index is 1.55. The molecule has 3 aromatic rings. The largest absolute Gasteiger partial charge is 0.482 e. The van der Waals surface area contributed by atoms with Crippen LogP contribution in [0, 0.1) is 0 Å². The molecule has 6 heteroatoms. The van der Waals surface area contributed by atoms with Crippen LogP contribution in [0.4, 0.5) is 0 Å². The zero-order valence-corrected chi connectivity index (χ0v) is 19.4. The number of hydrogen-bond acceptors (Lipinski definition) is 6. The maximum absolute atomic E-state index is 12.7. The summed E-state index contributed by atoms with van der Waals surface area (Å²) in [5.41, 5.74) is 2.51. The van der Waals surface area contributed by atoms with Crippen LogP contribution < -0.4 is 10.1 Å². The van der Waals surface area contributed by atoms with Crippen LogP contribution in [0.5, 0.6) is 5.75 Å². The number of rotatable bonds is 13. The molecule has 2 atom stereocenters. The fourth-order valence-corrected chi connectivity index (χ4v) is 3.64. The maximum atomic E-state index is 12.7. The number of hydrogen-bond donors (Lipinski definition) is 2. The lowest BCUT2D eigenvalue weighted by Gasteiger charge is -2.25. The lowest BCUT2D eigenvalue weighted by atomic mass is 9.96. The summed E-state index contributed by atoms with van der Waals surface area (Å²) >= 11 is 0. The second-order valence-electron chi connectivity index (χ2n) is 7.90. The van der Waals surface area contributed by atoms with E-state index in [9.17, 15) is 14.7 Å². The summed E-state index contributed by atoms with van der Waals surface area (Å²) < 4.78 is 10.2. The van der Waals surface area contributed by atoms with Gasteiger partial charge in [-0.15, -0.1) is 0 Å². The molecule has 2 unspecified atom stereocenters. The predicted octanol–water partition coefficient (Wildman–Crippen LogP) is 4.14. The molecule has 0 aromatic heterocycles. The van der Waals surface area contributed by atoms with Crippen molar-refractivity contribution in [3.63, 3.8) is 0 Å². The Bertz CT molecular complexity index is 1020. The summed E-state index contributed by atoms with van der Waals surface area (Å²) in [4.78, 5) is 24.1. The number of aliphatic hydroxyl groups is 1. The minimum atomic E-state index is -0.702. The van der Waals surface area contributed by atoms with Crippen LogP contribution in [0.3, 0.4) is 0 Å². The monoisotopic (exact) mass is 461 g/mol. The van der Waals surface area contributed by atoms with E-state index in [0.29, 0.717) is 30.9 Å². The number of carbonyl (C=O) groups is 2. The van der Waals surface area contributed by atoms with E-state index in [1.54, 1.807) is 31.2 Å². The number of benzene rings is 3. The Morgan fingerprint density at radius 1 is 0.912 bits per heavy atom. The van der Waals surface area contributed by atoms with Crippen molar-refractivity contribution >= 4 is 11.8 Å². The molecule has 34 heavy (non-hydrogen) atoms. The van der Waals surface area contributed by atoms with Crippen LogP contribution >= 0.6 is 0 Å². The molecule has 0 saturated carbocycles. The number of esters is 1. The summed E-state index contributed by atoms with van der Waals surface area (Å²) in [5, 5.41) is 14.4. The first-order valence-electron chi connectivity index (χ1n) is 11.5. The van der Waals surface area contributed by atoms with Gasteiger partial charge in [0.1, 0.15) is 5.75 Å². The quantitative estimate of drug-likeness (QED) is 0.294. The first kappa shape index (κ1) is 25.1. The fraction of sp³-hybridized carbons (Fsp3) is 0.286. The lowest BCUT2D eigenvalue weighted by Crippen LogP contribution is -2.38. The smallest absolute Gasteiger partial charge is 0.344 e. The topological polar surface area (TPSA) is 84.9 Å². The molecule has 0 fully saturated rings. The lowest BCUT2D eigenvalue weighted by molar-refractivity contribution is -0.145. The molecule has 0 bridgehead atoms. The van der Waals surface area contributed by atoms with Gasteiger partial charge in [0.25, 0.3) is 0 Å². The van der Waals surface area contributed by atoms with Crippen molar-refractivity contribution in [1.29, 1.82) is 0 Å². The van der Waals surface area contributed by atoms with Gasteiger partial charge in [-0.25, -0.2) is 4.79 Å². The van der Waals surface area contributed by atoms with E-state index < -0.39 is 12.1 Å². The number of Topliss-reactive ketones (excluding diaryl/α,β-unsaturated/α-hetero) is 1. The Hall–Kier alpha value is -3.48. The Kier molecular flexibility index (Phi) is 9.82. The van der Waals surface area contributed by atoms with Gasteiger partial charge in [0.2, 0.25) is 0 Å². The summed E-state index contributed by atoms with van der Waals surface area (Å²) in [6, 6.07) is 26.0. The minimum absolute atomic E-state index is 0.0166. The fourth-order valence-electron chi connectivity index (χ4n) is 3.64. The molecule has 0 radical (unpaired) electrons. The summed E-state index contributed by atoms with van der Waals surface area (Å²) in [6.45, 7) is 2.30. The van der Waals surface area contributed by atoms with Crippen molar-refractivity contribution in [2.45, 2.75) is 31.9 Å². The molecule has 0 amide bonds. The van der Waals surface area contributed by atoms with Gasteiger partial charge in [-0.1, -0.05) is 60.7 Å². The highest BCUT2D eigenvalue weighted by atomic mass is 16.6.